The van der Waals surface area contributed by atoms with E-state index in [1.165, 1.54) is 19.8 Å². The Balaban J connectivity index is 1.72. The third-order valence-electron chi connectivity index (χ3n) is 5.77. The molecule has 0 spiro atoms. The van der Waals surface area contributed by atoms with E-state index in [2.05, 4.69) is 36.4 Å². The number of nitrogens with zero attached hydrogens (tertiary/aromatic N) is 3. The van der Waals surface area contributed by atoms with Crippen LogP contribution in [0.5, 0.6) is 0 Å². The molecule has 2 aliphatic rings. The number of carbonyl (C=O) groups is 2. The molecular formula is C21H26N4O2. The highest BCUT2D eigenvalue weighted by Gasteiger charge is 2.39. The van der Waals surface area contributed by atoms with E-state index in [1.54, 1.807) is 4.68 Å². The van der Waals surface area contributed by atoms with Crippen molar-refractivity contribution in [1.29, 1.82) is 0 Å². The Morgan fingerprint density at radius 3 is 2.70 bits per heavy atom. The number of aryl methyl sites for hydroxylation is 2. The van der Waals surface area contributed by atoms with Crippen molar-refractivity contribution in [2.24, 2.45) is 13.0 Å². The minimum atomic E-state index is -0.141. The third kappa shape index (κ3) is 3.13. The van der Waals surface area contributed by atoms with E-state index >= 15 is 0 Å². The van der Waals surface area contributed by atoms with E-state index in [4.69, 9.17) is 0 Å². The molecule has 1 aromatic heterocycles. The van der Waals surface area contributed by atoms with Crippen molar-refractivity contribution in [3.05, 3.63) is 34.9 Å². The van der Waals surface area contributed by atoms with Crippen molar-refractivity contribution >= 4 is 17.6 Å². The van der Waals surface area contributed by atoms with Gasteiger partial charge >= 0.3 is 0 Å². The number of aromatic nitrogens is 2. The van der Waals surface area contributed by atoms with Crippen molar-refractivity contribution in [1.82, 2.24) is 14.7 Å². The van der Waals surface area contributed by atoms with Gasteiger partial charge in [-0.25, -0.2) is 0 Å². The lowest BCUT2D eigenvalue weighted by atomic mass is 9.96. The van der Waals surface area contributed by atoms with Crippen molar-refractivity contribution in [3.8, 4) is 11.3 Å². The summed E-state index contributed by atoms with van der Waals surface area (Å²) in [4.78, 5) is 26.4. The summed E-state index contributed by atoms with van der Waals surface area (Å²) < 4.78 is 1.77. The van der Waals surface area contributed by atoms with Crippen LogP contribution in [-0.4, -0.2) is 32.5 Å². The lowest BCUT2D eigenvalue weighted by molar-refractivity contribution is -0.114. The Morgan fingerprint density at radius 1 is 1.33 bits per heavy atom. The number of hydrogen-bond acceptors (Lipinski definition) is 3. The van der Waals surface area contributed by atoms with Gasteiger partial charge in [0.15, 0.2) is 5.82 Å². The second-order valence-corrected chi connectivity index (χ2v) is 7.75. The minimum Gasteiger partial charge on any atom is -0.331 e. The molecule has 1 aliphatic carbocycles. The molecule has 1 saturated carbocycles. The number of rotatable bonds is 5. The number of amides is 2. The smallest absolute Gasteiger partial charge is 0.255 e. The second kappa shape index (κ2) is 6.51. The van der Waals surface area contributed by atoms with Gasteiger partial charge in [-0.15, -0.1) is 0 Å². The van der Waals surface area contributed by atoms with Crippen LogP contribution in [0.15, 0.2) is 18.2 Å². The number of carbonyl (C=O) groups excluding carboxylic acids is 2. The molecule has 6 heteroatoms. The first-order chi connectivity index (χ1) is 12.9. The van der Waals surface area contributed by atoms with Gasteiger partial charge in [0.2, 0.25) is 5.91 Å². The molecule has 1 unspecified atom stereocenters. The first kappa shape index (κ1) is 17.8. The summed E-state index contributed by atoms with van der Waals surface area (Å²) in [6.45, 7) is 6.42. The first-order valence-electron chi connectivity index (χ1n) is 9.67. The quantitative estimate of drug-likeness (QED) is 0.882. The SMILES string of the molecule is CCc1cc(-c2cc(NC(C)=O)nn2C)cc2c1C(=O)N(C(C)C1CC1)C2. The Kier molecular flexibility index (Phi) is 4.29. The molecule has 0 bridgehead atoms. The average Bonchev–Trinajstić information content (AvgIpc) is 3.33. The van der Waals surface area contributed by atoms with Crippen molar-refractivity contribution < 1.29 is 9.59 Å². The first-order valence-corrected chi connectivity index (χ1v) is 9.67. The molecule has 0 radical (unpaired) electrons. The van der Waals surface area contributed by atoms with Gasteiger partial charge in [-0.3, -0.25) is 14.3 Å². The number of hydrogen-bond donors (Lipinski definition) is 1. The maximum absolute atomic E-state index is 13.1. The zero-order valence-corrected chi connectivity index (χ0v) is 16.4. The van der Waals surface area contributed by atoms with Crippen LogP contribution >= 0.6 is 0 Å². The van der Waals surface area contributed by atoms with Crippen LogP contribution in [0, 0.1) is 5.92 Å². The fourth-order valence-corrected chi connectivity index (χ4v) is 4.13. The number of fused-ring (bicyclic) bond motifs is 1. The molecule has 1 aliphatic heterocycles. The molecule has 142 valence electrons. The highest BCUT2D eigenvalue weighted by Crippen LogP contribution is 2.40. The molecule has 2 amide bonds. The second-order valence-electron chi connectivity index (χ2n) is 7.75. The lowest BCUT2D eigenvalue weighted by Gasteiger charge is -2.24. The van der Waals surface area contributed by atoms with E-state index in [0.29, 0.717) is 24.3 Å². The van der Waals surface area contributed by atoms with Crippen molar-refractivity contribution in [2.45, 2.75) is 52.6 Å². The molecular weight excluding hydrogens is 340 g/mol. The summed E-state index contributed by atoms with van der Waals surface area (Å²) >= 11 is 0. The predicted molar refractivity (Wildman–Crippen MR) is 104 cm³/mol. The summed E-state index contributed by atoms with van der Waals surface area (Å²) in [5.74, 6) is 1.23. The van der Waals surface area contributed by atoms with Gasteiger partial charge in [0.1, 0.15) is 0 Å². The fourth-order valence-electron chi connectivity index (χ4n) is 4.13. The van der Waals surface area contributed by atoms with Gasteiger partial charge in [0, 0.05) is 43.8 Å². The maximum atomic E-state index is 13.1. The van der Waals surface area contributed by atoms with Gasteiger partial charge in [-0.2, -0.15) is 5.10 Å². The van der Waals surface area contributed by atoms with Crippen LogP contribution in [0.4, 0.5) is 5.82 Å². The normalized spacial score (nSPS) is 17.2. The topological polar surface area (TPSA) is 67.2 Å². The van der Waals surface area contributed by atoms with Gasteiger partial charge < -0.3 is 10.2 Å². The van der Waals surface area contributed by atoms with Crippen LogP contribution in [0.2, 0.25) is 0 Å². The van der Waals surface area contributed by atoms with E-state index in [1.807, 2.05) is 18.0 Å². The molecule has 27 heavy (non-hydrogen) atoms. The third-order valence-corrected chi connectivity index (χ3v) is 5.77. The predicted octanol–water partition coefficient (Wildman–Crippen LogP) is 3.36. The standard InChI is InChI=1S/C21H26N4O2/c1-5-14-8-16(18-10-19(22-13(3)26)23-24(18)4)9-17-11-25(21(27)20(14)17)12(2)15-6-7-15/h8-10,12,15H,5-7,11H2,1-4H3,(H,22,23,26). The Labute approximate surface area is 159 Å². The molecule has 2 heterocycles. The molecule has 1 aromatic carbocycles. The van der Waals surface area contributed by atoms with Crippen LogP contribution in [-0.2, 0) is 24.8 Å². The summed E-state index contributed by atoms with van der Waals surface area (Å²) in [6, 6.07) is 6.39. The van der Waals surface area contributed by atoms with E-state index in [0.717, 1.165) is 34.4 Å². The van der Waals surface area contributed by atoms with Gasteiger partial charge in [0.25, 0.3) is 5.91 Å². The van der Waals surface area contributed by atoms with Crippen molar-refractivity contribution in [3.63, 3.8) is 0 Å². The maximum Gasteiger partial charge on any atom is 0.255 e. The summed E-state index contributed by atoms with van der Waals surface area (Å²) in [5.41, 5.74) is 5.03. The molecule has 1 fully saturated rings. The zero-order chi connectivity index (χ0) is 19.3. The zero-order valence-electron chi connectivity index (χ0n) is 16.4. The fraction of sp³-hybridized carbons (Fsp3) is 0.476. The van der Waals surface area contributed by atoms with Crippen LogP contribution in [0.25, 0.3) is 11.3 Å². The molecule has 1 N–H and O–H groups in total. The van der Waals surface area contributed by atoms with E-state index in [-0.39, 0.29) is 11.8 Å². The Bertz CT molecular complexity index is 927. The Hall–Kier alpha value is -2.63. The lowest BCUT2D eigenvalue weighted by Crippen LogP contribution is -2.34. The van der Waals surface area contributed by atoms with E-state index < -0.39 is 0 Å². The molecule has 4 rings (SSSR count). The van der Waals surface area contributed by atoms with Gasteiger partial charge in [0.05, 0.1) is 5.69 Å². The van der Waals surface area contributed by atoms with Crippen LogP contribution < -0.4 is 5.32 Å². The highest BCUT2D eigenvalue weighted by atomic mass is 16.2. The molecule has 0 saturated heterocycles. The number of nitrogens with one attached hydrogen (secondary N) is 1. The number of anilines is 1. The largest absolute Gasteiger partial charge is 0.331 e. The van der Waals surface area contributed by atoms with Crippen LogP contribution in [0.1, 0.15) is 55.1 Å². The average molecular weight is 366 g/mol. The Morgan fingerprint density at radius 2 is 2.07 bits per heavy atom. The minimum absolute atomic E-state index is 0.141. The van der Waals surface area contributed by atoms with Crippen molar-refractivity contribution in [2.75, 3.05) is 5.32 Å². The van der Waals surface area contributed by atoms with Gasteiger partial charge in [-0.05, 0) is 55.4 Å². The summed E-state index contributed by atoms with van der Waals surface area (Å²) in [6.07, 6.45) is 3.27. The van der Waals surface area contributed by atoms with Crippen LogP contribution in [0.3, 0.4) is 0 Å². The monoisotopic (exact) mass is 366 g/mol. The summed E-state index contributed by atoms with van der Waals surface area (Å²) in [7, 11) is 1.87. The highest BCUT2D eigenvalue weighted by molar-refractivity contribution is 6.01. The summed E-state index contributed by atoms with van der Waals surface area (Å²) in [5, 5.41) is 7.11. The van der Waals surface area contributed by atoms with Gasteiger partial charge in [-0.1, -0.05) is 6.92 Å². The number of benzene rings is 1. The van der Waals surface area contributed by atoms with E-state index in [9.17, 15) is 9.59 Å². The molecule has 1 atom stereocenters. The molecule has 6 nitrogen and oxygen atoms in total. The molecule has 2 aromatic rings.